The third-order valence-electron chi connectivity index (χ3n) is 6.07. The van der Waals surface area contributed by atoms with Gasteiger partial charge in [-0.05, 0) is 42.5 Å². The maximum absolute atomic E-state index is 12.4. The van der Waals surface area contributed by atoms with Crippen LogP contribution in [-0.2, 0) is 16.1 Å². The molecule has 2 aromatic carbocycles. The summed E-state index contributed by atoms with van der Waals surface area (Å²) in [6.07, 6.45) is 1.65. The number of hydrogen-bond donors (Lipinski definition) is 2. The molecule has 9 nitrogen and oxygen atoms in total. The molecule has 174 valence electrons. The minimum Gasteiger partial charge on any atom is -0.497 e. The first-order valence-corrected chi connectivity index (χ1v) is 10.7. The monoisotopic (exact) mass is 453 g/mol. The Morgan fingerprint density at radius 1 is 0.939 bits per heavy atom. The molecule has 3 aromatic rings. The molecule has 0 spiro atoms. The molecule has 2 heterocycles. The third-order valence-corrected chi connectivity index (χ3v) is 6.07. The third kappa shape index (κ3) is 4.58. The lowest BCUT2D eigenvalue weighted by atomic mass is 10.0. The van der Waals surface area contributed by atoms with Gasteiger partial charge in [0.2, 0.25) is 0 Å². The number of methoxy groups -OCH3 is 2. The highest BCUT2D eigenvalue weighted by Gasteiger charge is 2.33. The predicted octanol–water partition coefficient (Wildman–Crippen LogP) is 2.69. The van der Waals surface area contributed by atoms with Crippen molar-refractivity contribution < 1.29 is 29.3 Å². The summed E-state index contributed by atoms with van der Waals surface area (Å²) in [7, 11) is 3.17. The number of carboxylic acid groups (broad SMARTS) is 2. The van der Waals surface area contributed by atoms with Crippen LogP contribution in [0.3, 0.4) is 0 Å². The molecule has 4 rings (SSSR count). The molecule has 1 saturated heterocycles. The summed E-state index contributed by atoms with van der Waals surface area (Å²) in [4.78, 5) is 27.9. The summed E-state index contributed by atoms with van der Waals surface area (Å²) in [5.74, 6) is -0.582. The SMILES string of the molecule is COc1ccc(N2CCN([C@@H](C(=O)O)c3cn(CC(=O)O)c4ccc(OC)cc34)CC2)cc1. The largest absolute Gasteiger partial charge is 0.497 e. The highest BCUT2D eigenvalue weighted by atomic mass is 16.5. The molecular formula is C24H27N3O6. The van der Waals surface area contributed by atoms with Gasteiger partial charge in [-0.2, -0.15) is 0 Å². The number of aliphatic carboxylic acids is 2. The van der Waals surface area contributed by atoms with Gasteiger partial charge in [0.15, 0.2) is 0 Å². The summed E-state index contributed by atoms with van der Waals surface area (Å²) in [6, 6.07) is 12.2. The molecule has 1 fully saturated rings. The topological polar surface area (TPSA) is 104 Å². The van der Waals surface area contributed by atoms with Gasteiger partial charge in [-0.3, -0.25) is 14.5 Å². The maximum Gasteiger partial charge on any atom is 0.325 e. The van der Waals surface area contributed by atoms with Crippen molar-refractivity contribution in [2.75, 3.05) is 45.3 Å². The zero-order valence-electron chi connectivity index (χ0n) is 18.6. The molecule has 0 bridgehead atoms. The standard InChI is InChI=1S/C24H27N3O6/c1-32-17-5-3-16(4-6-17)25-9-11-26(12-10-25)23(24(30)31)20-14-27(15-22(28)29)21-8-7-18(33-2)13-19(20)21/h3-8,13-14,23H,9-12,15H2,1-2H3,(H,28,29)(H,30,31)/t23-/m1/s1. The first-order valence-electron chi connectivity index (χ1n) is 10.7. The second-order valence-corrected chi connectivity index (χ2v) is 7.95. The van der Waals surface area contributed by atoms with E-state index in [4.69, 9.17) is 9.47 Å². The van der Waals surface area contributed by atoms with Crippen LogP contribution in [0.2, 0.25) is 0 Å². The van der Waals surface area contributed by atoms with Crippen LogP contribution in [0.15, 0.2) is 48.7 Å². The lowest BCUT2D eigenvalue weighted by Gasteiger charge is -2.38. The van der Waals surface area contributed by atoms with Crippen molar-refractivity contribution in [2.45, 2.75) is 12.6 Å². The Labute approximate surface area is 191 Å². The Morgan fingerprint density at radius 2 is 1.58 bits per heavy atom. The van der Waals surface area contributed by atoms with Crippen molar-refractivity contribution in [1.82, 2.24) is 9.47 Å². The molecule has 33 heavy (non-hydrogen) atoms. The van der Waals surface area contributed by atoms with E-state index in [9.17, 15) is 19.8 Å². The van der Waals surface area contributed by atoms with Crippen LogP contribution >= 0.6 is 0 Å². The fourth-order valence-corrected chi connectivity index (χ4v) is 4.44. The Hall–Kier alpha value is -3.72. The zero-order valence-corrected chi connectivity index (χ0v) is 18.6. The molecule has 0 aliphatic carbocycles. The van der Waals surface area contributed by atoms with Crippen LogP contribution in [0.25, 0.3) is 10.9 Å². The Morgan fingerprint density at radius 3 is 2.15 bits per heavy atom. The fraction of sp³-hybridized carbons (Fsp3) is 0.333. The lowest BCUT2D eigenvalue weighted by molar-refractivity contribution is -0.143. The van der Waals surface area contributed by atoms with Crippen molar-refractivity contribution in [3.05, 3.63) is 54.2 Å². The van der Waals surface area contributed by atoms with Gasteiger partial charge in [0.05, 0.1) is 14.2 Å². The van der Waals surface area contributed by atoms with Gasteiger partial charge in [0.1, 0.15) is 24.1 Å². The van der Waals surface area contributed by atoms with Gasteiger partial charge >= 0.3 is 11.9 Å². The second-order valence-electron chi connectivity index (χ2n) is 7.95. The summed E-state index contributed by atoms with van der Waals surface area (Å²) >= 11 is 0. The van der Waals surface area contributed by atoms with E-state index < -0.39 is 18.0 Å². The van der Waals surface area contributed by atoms with Crippen LogP contribution in [0.5, 0.6) is 11.5 Å². The highest BCUT2D eigenvalue weighted by molar-refractivity contribution is 5.91. The van der Waals surface area contributed by atoms with Gasteiger partial charge in [-0.15, -0.1) is 0 Å². The molecule has 1 aliphatic heterocycles. The molecule has 2 N–H and O–H groups in total. The van der Waals surface area contributed by atoms with Gasteiger partial charge in [-0.25, -0.2) is 0 Å². The van der Waals surface area contributed by atoms with E-state index in [1.807, 2.05) is 29.2 Å². The number of rotatable bonds is 8. The highest BCUT2D eigenvalue weighted by Crippen LogP contribution is 2.34. The summed E-state index contributed by atoms with van der Waals surface area (Å²) in [5, 5.41) is 20.2. The van der Waals surface area contributed by atoms with E-state index in [-0.39, 0.29) is 6.54 Å². The zero-order chi connectivity index (χ0) is 23.5. The summed E-state index contributed by atoms with van der Waals surface area (Å²) < 4.78 is 12.1. The summed E-state index contributed by atoms with van der Waals surface area (Å²) in [5.41, 5.74) is 2.29. The average molecular weight is 453 g/mol. The molecule has 1 aromatic heterocycles. The molecule has 1 atom stereocenters. The summed E-state index contributed by atoms with van der Waals surface area (Å²) in [6.45, 7) is 2.21. The van der Waals surface area contributed by atoms with E-state index >= 15 is 0 Å². The van der Waals surface area contributed by atoms with Crippen molar-refractivity contribution in [1.29, 1.82) is 0 Å². The number of ether oxygens (including phenoxy) is 2. The van der Waals surface area contributed by atoms with Gasteiger partial charge in [-0.1, -0.05) is 0 Å². The van der Waals surface area contributed by atoms with Gasteiger partial charge in [0.25, 0.3) is 0 Å². The first kappa shape index (κ1) is 22.5. The number of piperazine rings is 1. The molecule has 0 unspecified atom stereocenters. The molecule has 1 aliphatic rings. The predicted molar refractivity (Wildman–Crippen MR) is 123 cm³/mol. The average Bonchev–Trinajstić information content (AvgIpc) is 3.16. The number of carboxylic acids is 2. The number of aromatic nitrogens is 1. The Kier molecular flexibility index (Phi) is 6.41. The van der Waals surface area contributed by atoms with Crippen LogP contribution in [0, 0.1) is 0 Å². The second kappa shape index (κ2) is 9.41. The minimum atomic E-state index is -0.991. The van der Waals surface area contributed by atoms with Gasteiger partial charge in [0, 0.05) is 54.5 Å². The number of fused-ring (bicyclic) bond motifs is 1. The van der Waals surface area contributed by atoms with E-state index in [0.717, 1.165) is 11.4 Å². The number of hydrogen-bond acceptors (Lipinski definition) is 6. The molecule has 0 amide bonds. The Balaban J connectivity index is 1.62. The quantitative estimate of drug-likeness (QED) is 0.537. The lowest BCUT2D eigenvalue weighted by Crippen LogP contribution is -2.49. The van der Waals surface area contributed by atoms with Crippen LogP contribution in [0.1, 0.15) is 11.6 Å². The van der Waals surface area contributed by atoms with Crippen LogP contribution < -0.4 is 14.4 Å². The van der Waals surface area contributed by atoms with E-state index in [1.54, 1.807) is 43.2 Å². The Bertz CT molecular complexity index is 1150. The molecule has 0 radical (unpaired) electrons. The van der Waals surface area contributed by atoms with Crippen molar-refractivity contribution >= 4 is 28.5 Å². The molecule has 9 heteroatoms. The van der Waals surface area contributed by atoms with E-state index in [1.165, 1.54) is 0 Å². The van der Waals surface area contributed by atoms with E-state index in [2.05, 4.69) is 4.90 Å². The smallest absolute Gasteiger partial charge is 0.325 e. The van der Waals surface area contributed by atoms with Crippen molar-refractivity contribution in [2.24, 2.45) is 0 Å². The van der Waals surface area contributed by atoms with Gasteiger partial charge < -0.3 is 29.2 Å². The fourth-order valence-electron chi connectivity index (χ4n) is 4.44. The molecular weight excluding hydrogens is 426 g/mol. The first-order chi connectivity index (χ1) is 15.9. The van der Waals surface area contributed by atoms with Crippen LogP contribution in [0.4, 0.5) is 5.69 Å². The normalized spacial score (nSPS) is 15.4. The number of benzene rings is 2. The van der Waals surface area contributed by atoms with Crippen molar-refractivity contribution in [3.63, 3.8) is 0 Å². The maximum atomic E-state index is 12.4. The molecule has 0 saturated carbocycles. The minimum absolute atomic E-state index is 0.250. The van der Waals surface area contributed by atoms with E-state index in [0.29, 0.717) is 48.4 Å². The van der Waals surface area contributed by atoms with Crippen LogP contribution in [-0.4, -0.2) is 72.0 Å². The number of anilines is 1. The number of carbonyl (C=O) groups is 2. The van der Waals surface area contributed by atoms with Crippen molar-refractivity contribution in [3.8, 4) is 11.5 Å². The number of nitrogens with zero attached hydrogens (tertiary/aromatic N) is 3.